The Balaban J connectivity index is 1.49. The van der Waals surface area contributed by atoms with Crippen LogP contribution in [0.15, 0.2) is 69.9 Å². The third-order valence-electron chi connectivity index (χ3n) is 5.10. The number of amides is 1. The lowest BCUT2D eigenvalue weighted by Crippen LogP contribution is -2.29. The van der Waals surface area contributed by atoms with Gasteiger partial charge in [0.15, 0.2) is 17.2 Å². The third kappa shape index (κ3) is 2.92. The predicted molar refractivity (Wildman–Crippen MR) is 109 cm³/mol. The molecule has 1 amide bonds. The Kier molecular flexibility index (Phi) is 4.24. The first-order valence-corrected chi connectivity index (χ1v) is 9.91. The van der Waals surface area contributed by atoms with E-state index in [1.807, 2.05) is 53.4 Å². The summed E-state index contributed by atoms with van der Waals surface area (Å²) in [6, 6.07) is 15.2. The summed E-state index contributed by atoms with van der Waals surface area (Å²) in [5, 5.41) is 0. The van der Waals surface area contributed by atoms with Gasteiger partial charge in [-0.1, -0.05) is 15.9 Å². The molecule has 0 radical (unpaired) electrons. The first-order valence-electron chi connectivity index (χ1n) is 9.12. The van der Waals surface area contributed by atoms with Crippen LogP contribution < -0.4 is 0 Å². The Bertz CT molecular complexity index is 1140. The van der Waals surface area contributed by atoms with Crippen LogP contribution in [0.5, 0.6) is 0 Å². The van der Waals surface area contributed by atoms with Crippen molar-refractivity contribution in [3.05, 3.63) is 71.0 Å². The molecule has 0 aliphatic carbocycles. The van der Waals surface area contributed by atoms with Crippen molar-refractivity contribution in [1.82, 2.24) is 19.4 Å². The van der Waals surface area contributed by atoms with E-state index in [1.165, 1.54) is 0 Å². The van der Waals surface area contributed by atoms with Crippen molar-refractivity contribution in [2.24, 2.45) is 0 Å². The number of carbonyl (C=O) groups excluding carboxylic acids is 1. The summed E-state index contributed by atoms with van der Waals surface area (Å²) in [5.74, 6) is 1.50. The molecule has 0 unspecified atom stereocenters. The maximum atomic E-state index is 12.9. The minimum Gasteiger partial charge on any atom is -0.461 e. The average Bonchev–Trinajstić information content (AvgIpc) is 3.46. The van der Waals surface area contributed by atoms with Crippen molar-refractivity contribution in [2.75, 3.05) is 13.1 Å². The van der Waals surface area contributed by atoms with Gasteiger partial charge < -0.3 is 13.9 Å². The summed E-state index contributed by atoms with van der Waals surface area (Å²) < 4.78 is 8.68. The topological polar surface area (TPSA) is 64.2 Å². The van der Waals surface area contributed by atoms with Gasteiger partial charge in [-0.25, -0.2) is 9.97 Å². The monoisotopic (exact) mass is 436 g/mol. The molecule has 6 nitrogen and oxygen atoms in total. The number of imidazole rings is 1. The van der Waals surface area contributed by atoms with Gasteiger partial charge in [0.25, 0.3) is 5.91 Å². The smallest absolute Gasteiger partial charge is 0.253 e. The number of aromatic nitrogens is 3. The van der Waals surface area contributed by atoms with Gasteiger partial charge in [0.05, 0.1) is 12.3 Å². The molecule has 0 N–H and O–H groups in total. The second-order valence-corrected chi connectivity index (χ2v) is 7.75. The lowest BCUT2D eigenvalue weighted by atomic mass is 10.2. The number of likely N-dealkylation sites (tertiary alicyclic amines) is 1. The van der Waals surface area contributed by atoms with Crippen LogP contribution in [-0.2, 0) is 0 Å². The van der Waals surface area contributed by atoms with Gasteiger partial charge in [0.1, 0.15) is 5.52 Å². The molecule has 1 aromatic carbocycles. The van der Waals surface area contributed by atoms with Crippen LogP contribution in [-0.4, -0.2) is 38.4 Å². The summed E-state index contributed by atoms with van der Waals surface area (Å²) >= 11 is 3.41. The maximum Gasteiger partial charge on any atom is 0.253 e. The number of benzene rings is 1. The number of fused-ring (bicyclic) bond motifs is 1. The highest BCUT2D eigenvalue weighted by molar-refractivity contribution is 9.10. The quantitative estimate of drug-likeness (QED) is 0.472. The molecule has 0 spiro atoms. The number of pyridine rings is 1. The second kappa shape index (κ2) is 6.91. The number of nitrogens with zero attached hydrogens (tertiary/aromatic N) is 4. The third-order valence-corrected chi connectivity index (χ3v) is 5.63. The van der Waals surface area contributed by atoms with Gasteiger partial charge in [-0.05, 0) is 55.0 Å². The lowest BCUT2D eigenvalue weighted by Gasteiger charge is -2.18. The van der Waals surface area contributed by atoms with E-state index in [2.05, 4.69) is 25.5 Å². The van der Waals surface area contributed by atoms with E-state index in [0.29, 0.717) is 24.4 Å². The van der Waals surface area contributed by atoms with Crippen LogP contribution in [0.4, 0.5) is 0 Å². The van der Waals surface area contributed by atoms with E-state index >= 15 is 0 Å². The lowest BCUT2D eigenvalue weighted by molar-refractivity contribution is 0.0788. The fraction of sp³-hybridized carbons (Fsp3) is 0.190. The van der Waals surface area contributed by atoms with Crippen molar-refractivity contribution in [3.63, 3.8) is 0 Å². The van der Waals surface area contributed by atoms with Gasteiger partial charge in [-0.15, -0.1) is 0 Å². The SMILES string of the molecule is O=C(c1ccc(Br)cc1)N1CC[C@@H](n2c(-c3ccco3)nc3cccnc32)C1. The Morgan fingerprint density at radius 2 is 2.00 bits per heavy atom. The van der Waals surface area contributed by atoms with Gasteiger partial charge in [0.2, 0.25) is 0 Å². The van der Waals surface area contributed by atoms with Crippen molar-refractivity contribution >= 4 is 33.0 Å². The Morgan fingerprint density at radius 3 is 2.79 bits per heavy atom. The predicted octanol–water partition coefficient (Wildman–Crippen LogP) is 4.54. The first-order chi connectivity index (χ1) is 13.7. The van der Waals surface area contributed by atoms with Crippen LogP contribution >= 0.6 is 15.9 Å². The summed E-state index contributed by atoms with van der Waals surface area (Å²) in [4.78, 5) is 24.1. The van der Waals surface area contributed by atoms with Crippen molar-refractivity contribution < 1.29 is 9.21 Å². The van der Waals surface area contributed by atoms with E-state index in [0.717, 1.165) is 27.9 Å². The molecule has 1 atom stereocenters. The molecule has 3 aromatic heterocycles. The molecule has 4 aromatic rings. The fourth-order valence-corrected chi connectivity index (χ4v) is 4.03. The maximum absolute atomic E-state index is 12.9. The van der Waals surface area contributed by atoms with E-state index in [1.54, 1.807) is 12.5 Å². The number of carbonyl (C=O) groups is 1. The molecule has 4 heterocycles. The Labute approximate surface area is 169 Å². The van der Waals surface area contributed by atoms with Crippen LogP contribution in [0, 0.1) is 0 Å². The zero-order chi connectivity index (χ0) is 19.1. The molecule has 5 rings (SSSR count). The number of rotatable bonds is 3. The fourth-order valence-electron chi connectivity index (χ4n) is 3.77. The molecule has 0 saturated carbocycles. The second-order valence-electron chi connectivity index (χ2n) is 6.83. The van der Waals surface area contributed by atoms with Gasteiger partial charge in [-0.3, -0.25) is 4.79 Å². The summed E-state index contributed by atoms with van der Waals surface area (Å²) in [5.41, 5.74) is 2.34. The number of hydrogen-bond acceptors (Lipinski definition) is 4. The number of halogens is 1. The summed E-state index contributed by atoms with van der Waals surface area (Å²) in [6.07, 6.45) is 4.26. The van der Waals surface area contributed by atoms with Gasteiger partial charge in [-0.2, -0.15) is 0 Å². The molecule has 1 aliphatic heterocycles. The summed E-state index contributed by atoms with van der Waals surface area (Å²) in [7, 11) is 0. The molecule has 140 valence electrons. The molecule has 1 aliphatic rings. The summed E-state index contributed by atoms with van der Waals surface area (Å²) in [6.45, 7) is 1.31. The highest BCUT2D eigenvalue weighted by Gasteiger charge is 2.31. The minimum atomic E-state index is 0.0481. The molecule has 1 fully saturated rings. The van der Waals surface area contributed by atoms with E-state index in [9.17, 15) is 4.79 Å². The number of furan rings is 1. The van der Waals surface area contributed by atoms with Gasteiger partial charge >= 0.3 is 0 Å². The molecular formula is C21H17BrN4O2. The van der Waals surface area contributed by atoms with Gasteiger partial charge in [0, 0.05) is 29.3 Å². The van der Waals surface area contributed by atoms with E-state index in [-0.39, 0.29) is 11.9 Å². The minimum absolute atomic E-state index is 0.0481. The highest BCUT2D eigenvalue weighted by atomic mass is 79.9. The first kappa shape index (κ1) is 17.2. The van der Waals surface area contributed by atoms with Crippen molar-refractivity contribution in [3.8, 4) is 11.6 Å². The van der Waals surface area contributed by atoms with Crippen LogP contribution in [0.25, 0.3) is 22.7 Å². The Hall–Kier alpha value is -2.93. The standard InChI is InChI=1S/C21H17BrN4O2/c22-15-7-5-14(6-8-15)21(27)25-11-9-16(13-25)26-19-17(3-1-10-23-19)24-20(26)18-4-2-12-28-18/h1-8,10,12,16H,9,11,13H2/t16-/m1/s1. The average molecular weight is 437 g/mol. The van der Waals surface area contributed by atoms with E-state index in [4.69, 9.17) is 9.40 Å². The zero-order valence-corrected chi connectivity index (χ0v) is 16.5. The Morgan fingerprint density at radius 1 is 1.14 bits per heavy atom. The molecule has 7 heteroatoms. The molecule has 0 bridgehead atoms. The van der Waals surface area contributed by atoms with Crippen LogP contribution in [0.3, 0.4) is 0 Å². The number of hydrogen-bond donors (Lipinski definition) is 0. The largest absolute Gasteiger partial charge is 0.461 e. The molecule has 28 heavy (non-hydrogen) atoms. The van der Waals surface area contributed by atoms with Crippen molar-refractivity contribution in [1.29, 1.82) is 0 Å². The normalized spacial score (nSPS) is 16.8. The highest BCUT2D eigenvalue weighted by Crippen LogP contribution is 2.32. The van der Waals surface area contributed by atoms with E-state index < -0.39 is 0 Å². The van der Waals surface area contributed by atoms with Crippen LogP contribution in [0.1, 0.15) is 22.8 Å². The van der Waals surface area contributed by atoms with Crippen molar-refractivity contribution in [2.45, 2.75) is 12.5 Å². The molecular weight excluding hydrogens is 420 g/mol. The zero-order valence-electron chi connectivity index (χ0n) is 15.0. The van der Waals surface area contributed by atoms with Crippen LogP contribution in [0.2, 0.25) is 0 Å². The molecule has 1 saturated heterocycles.